The second-order valence-corrected chi connectivity index (χ2v) is 8.19. The second kappa shape index (κ2) is 8.09. The number of rotatable bonds is 6. The third kappa shape index (κ3) is 3.91. The van der Waals surface area contributed by atoms with E-state index in [0.29, 0.717) is 36.9 Å². The van der Waals surface area contributed by atoms with E-state index in [0.717, 1.165) is 50.4 Å². The molecule has 4 heteroatoms. The van der Waals surface area contributed by atoms with Gasteiger partial charge in [-0.2, -0.15) is 0 Å². The fraction of sp³-hybridized carbons (Fsp3) is 0.900. The van der Waals surface area contributed by atoms with E-state index in [1.165, 1.54) is 12.8 Å². The van der Waals surface area contributed by atoms with Crippen molar-refractivity contribution in [2.45, 2.75) is 70.8 Å². The highest BCUT2D eigenvalue weighted by molar-refractivity contribution is 5.83. The zero-order chi connectivity index (χ0) is 17.1. The van der Waals surface area contributed by atoms with E-state index >= 15 is 0 Å². The molecule has 0 spiro atoms. The van der Waals surface area contributed by atoms with E-state index in [-0.39, 0.29) is 11.7 Å². The molecule has 24 heavy (non-hydrogen) atoms. The maximum absolute atomic E-state index is 12.4. The lowest BCUT2D eigenvalue weighted by Crippen LogP contribution is -2.46. The van der Waals surface area contributed by atoms with Crippen molar-refractivity contribution in [3.8, 4) is 0 Å². The number of Topliss-reactive ketones (excluding diaryl/α,β-unsaturated/α-hetero) is 2. The Morgan fingerprint density at radius 2 is 1.88 bits per heavy atom. The molecule has 0 saturated heterocycles. The van der Waals surface area contributed by atoms with Gasteiger partial charge in [0.05, 0.1) is 6.10 Å². The van der Waals surface area contributed by atoms with Crippen LogP contribution in [-0.4, -0.2) is 31.6 Å². The average molecular weight is 336 g/mol. The zero-order valence-electron chi connectivity index (χ0n) is 15.2. The minimum atomic E-state index is 0.149. The van der Waals surface area contributed by atoms with Crippen LogP contribution in [0.5, 0.6) is 0 Å². The first-order valence-electron chi connectivity index (χ1n) is 9.72. The van der Waals surface area contributed by atoms with Gasteiger partial charge in [-0.25, -0.2) is 0 Å². The van der Waals surface area contributed by atoms with Crippen LogP contribution in [0.4, 0.5) is 0 Å². The van der Waals surface area contributed by atoms with E-state index in [4.69, 9.17) is 9.47 Å². The Morgan fingerprint density at radius 1 is 1.08 bits per heavy atom. The maximum Gasteiger partial charge on any atom is 0.146 e. The molecule has 136 valence electrons. The van der Waals surface area contributed by atoms with E-state index in [9.17, 15) is 9.59 Å². The topological polar surface area (TPSA) is 52.6 Å². The van der Waals surface area contributed by atoms with Crippen LogP contribution in [-0.2, 0) is 19.1 Å². The Labute approximate surface area is 145 Å². The molecule has 6 atom stereocenters. The number of fused-ring (bicyclic) bond motifs is 3. The molecule has 0 heterocycles. The van der Waals surface area contributed by atoms with Gasteiger partial charge in [-0.1, -0.05) is 0 Å². The summed E-state index contributed by atoms with van der Waals surface area (Å²) >= 11 is 0. The molecule has 0 unspecified atom stereocenters. The Bertz CT molecular complexity index is 461. The highest BCUT2D eigenvalue weighted by atomic mass is 16.7. The monoisotopic (exact) mass is 336 g/mol. The summed E-state index contributed by atoms with van der Waals surface area (Å²) < 4.78 is 10.9. The Morgan fingerprint density at radius 3 is 2.62 bits per heavy atom. The minimum Gasteiger partial charge on any atom is -0.359 e. The van der Waals surface area contributed by atoms with Crippen molar-refractivity contribution >= 4 is 11.6 Å². The van der Waals surface area contributed by atoms with Crippen molar-refractivity contribution < 1.29 is 19.1 Å². The number of carbonyl (C=O) groups is 2. The van der Waals surface area contributed by atoms with E-state index in [2.05, 4.69) is 0 Å². The molecule has 3 fully saturated rings. The molecule has 4 nitrogen and oxygen atoms in total. The second-order valence-electron chi connectivity index (χ2n) is 8.19. The third-order valence-corrected chi connectivity index (χ3v) is 6.85. The van der Waals surface area contributed by atoms with Crippen molar-refractivity contribution in [1.82, 2.24) is 0 Å². The molecule has 0 bridgehead atoms. The molecule has 0 amide bonds. The summed E-state index contributed by atoms with van der Waals surface area (Å²) in [5, 5.41) is 0. The van der Waals surface area contributed by atoms with E-state index in [1.807, 2.05) is 0 Å². The summed E-state index contributed by atoms with van der Waals surface area (Å²) in [6, 6.07) is 0. The van der Waals surface area contributed by atoms with Crippen molar-refractivity contribution in [3.63, 3.8) is 0 Å². The van der Waals surface area contributed by atoms with Gasteiger partial charge in [-0.05, 0) is 75.5 Å². The van der Waals surface area contributed by atoms with Crippen molar-refractivity contribution in [2.75, 3.05) is 13.9 Å². The van der Waals surface area contributed by atoms with E-state index in [1.54, 1.807) is 14.0 Å². The first kappa shape index (κ1) is 18.1. The van der Waals surface area contributed by atoms with Gasteiger partial charge >= 0.3 is 0 Å². The molecule has 0 aliphatic heterocycles. The summed E-state index contributed by atoms with van der Waals surface area (Å²) in [5.74, 6) is 3.53. The normalized spacial score (nSPS) is 39.2. The SMILES string of the molecule is COCO[C@@H]1CC[C@H]2[C@H](CC[C@@H]3[C@@H]2CCC(=O)[C@H]3CCC(C)=O)C1. The largest absolute Gasteiger partial charge is 0.359 e. The predicted octanol–water partition coefficient (Wildman–Crippen LogP) is 3.77. The Balaban J connectivity index is 1.63. The van der Waals surface area contributed by atoms with Gasteiger partial charge in [0, 0.05) is 25.9 Å². The van der Waals surface area contributed by atoms with Crippen LogP contribution >= 0.6 is 0 Å². The van der Waals surface area contributed by atoms with Crippen LogP contribution in [0, 0.1) is 29.6 Å². The molecular formula is C20H32O4. The summed E-state index contributed by atoms with van der Waals surface area (Å²) in [5.41, 5.74) is 0. The quantitative estimate of drug-likeness (QED) is 0.693. The molecule has 0 radical (unpaired) electrons. The summed E-state index contributed by atoms with van der Waals surface area (Å²) in [6.07, 6.45) is 9.41. The lowest BCUT2D eigenvalue weighted by Gasteiger charge is -2.51. The van der Waals surface area contributed by atoms with Gasteiger partial charge in [0.15, 0.2) is 0 Å². The van der Waals surface area contributed by atoms with Gasteiger partial charge in [0.25, 0.3) is 0 Å². The molecule has 3 rings (SSSR count). The molecule has 3 saturated carbocycles. The summed E-state index contributed by atoms with van der Waals surface area (Å²) in [6.45, 7) is 2.04. The predicted molar refractivity (Wildman–Crippen MR) is 91.4 cm³/mol. The Kier molecular flexibility index (Phi) is 6.09. The Hall–Kier alpha value is -0.740. The first-order valence-corrected chi connectivity index (χ1v) is 9.72. The van der Waals surface area contributed by atoms with Crippen LogP contribution in [0.2, 0.25) is 0 Å². The minimum absolute atomic E-state index is 0.149. The summed E-state index contributed by atoms with van der Waals surface area (Å²) in [4.78, 5) is 23.8. The van der Waals surface area contributed by atoms with Gasteiger partial charge in [-0.15, -0.1) is 0 Å². The molecule has 0 N–H and O–H groups in total. The standard InChI is InChI=1S/C20H32O4/c1-13(21)3-6-19-18-7-4-14-11-15(24-12-23-2)5-8-16(14)17(18)9-10-20(19)22/h14-19H,3-12H2,1-2H3/t14-,15-,16+,17-,18-,19+/m1/s1. The number of hydrogen-bond acceptors (Lipinski definition) is 4. The molecule has 0 aromatic heterocycles. The average Bonchev–Trinajstić information content (AvgIpc) is 2.58. The highest BCUT2D eigenvalue weighted by Crippen LogP contribution is 2.53. The van der Waals surface area contributed by atoms with Crippen LogP contribution < -0.4 is 0 Å². The van der Waals surface area contributed by atoms with E-state index < -0.39 is 0 Å². The fourth-order valence-electron chi connectivity index (χ4n) is 5.79. The summed E-state index contributed by atoms with van der Waals surface area (Å²) in [7, 11) is 1.68. The molecular weight excluding hydrogens is 304 g/mol. The maximum atomic E-state index is 12.4. The van der Waals surface area contributed by atoms with Gasteiger partial charge in [0.2, 0.25) is 0 Å². The molecule has 3 aliphatic rings. The van der Waals surface area contributed by atoms with Crippen molar-refractivity contribution in [1.29, 1.82) is 0 Å². The lowest BCUT2D eigenvalue weighted by molar-refractivity contribution is -0.137. The number of ether oxygens (including phenoxy) is 2. The van der Waals surface area contributed by atoms with Crippen LogP contribution in [0.3, 0.4) is 0 Å². The third-order valence-electron chi connectivity index (χ3n) is 6.85. The highest BCUT2D eigenvalue weighted by Gasteiger charge is 2.48. The van der Waals surface area contributed by atoms with Crippen LogP contribution in [0.25, 0.3) is 0 Å². The van der Waals surface area contributed by atoms with Gasteiger partial charge in [0.1, 0.15) is 18.4 Å². The number of methoxy groups -OCH3 is 1. The van der Waals surface area contributed by atoms with Crippen molar-refractivity contribution in [2.24, 2.45) is 29.6 Å². The lowest BCUT2D eigenvalue weighted by atomic mass is 9.54. The van der Waals surface area contributed by atoms with Crippen LogP contribution in [0.1, 0.15) is 64.7 Å². The molecule has 0 aromatic carbocycles. The number of ketones is 2. The first-order chi connectivity index (χ1) is 11.6. The zero-order valence-corrected chi connectivity index (χ0v) is 15.2. The van der Waals surface area contributed by atoms with Gasteiger partial charge < -0.3 is 14.3 Å². The molecule has 3 aliphatic carbocycles. The fourth-order valence-corrected chi connectivity index (χ4v) is 5.79. The smallest absolute Gasteiger partial charge is 0.146 e. The van der Waals surface area contributed by atoms with Crippen LogP contribution in [0.15, 0.2) is 0 Å². The van der Waals surface area contributed by atoms with Gasteiger partial charge in [-0.3, -0.25) is 4.79 Å². The van der Waals surface area contributed by atoms with Crippen molar-refractivity contribution in [3.05, 3.63) is 0 Å². The molecule has 0 aromatic rings. The number of hydrogen-bond donors (Lipinski definition) is 0. The number of carbonyl (C=O) groups excluding carboxylic acids is 2.